The van der Waals surface area contributed by atoms with Gasteiger partial charge in [-0.25, -0.2) is 0 Å². The SMILES string of the molecule is CSCC[C@H](N)C(=O)N1CCN(CC(=O)NC2CCCCC2)CC1.Cl. The van der Waals surface area contributed by atoms with Gasteiger partial charge in [0.2, 0.25) is 11.8 Å². The minimum atomic E-state index is -0.390. The van der Waals surface area contributed by atoms with E-state index in [0.29, 0.717) is 25.7 Å². The van der Waals surface area contributed by atoms with Crippen molar-refractivity contribution >= 4 is 36.0 Å². The van der Waals surface area contributed by atoms with E-state index in [-0.39, 0.29) is 24.2 Å². The number of carbonyl (C=O) groups is 2. The summed E-state index contributed by atoms with van der Waals surface area (Å²) in [6.45, 7) is 3.28. The highest BCUT2D eigenvalue weighted by Gasteiger charge is 2.26. The van der Waals surface area contributed by atoms with Crippen LogP contribution in [0, 0.1) is 0 Å². The highest BCUT2D eigenvalue weighted by molar-refractivity contribution is 7.98. The lowest BCUT2D eigenvalue weighted by molar-refractivity contribution is -0.134. The van der Waals surface area contributed by atoms with E-state index < -0.39 is 6.04 Å². The van der Waals surface area contributed by atoms with Gasteiger partial charge in [0.25, 0.3) is 0 Å². The van der Waals surface area contributed by atoms with Crippen molar-refractivity contribution in [1.29, 1.82) is 0 Å². The molecule has 1 atom stereocenters. The van der Waals surface area contributed by atoms with Crippen molar-refractivity contribution in [3.63, 3.8) is 0 Å². The third-order valence-corrected chi connectivity index (χ3v) is 5.62. The largest absolute Gasteiger partial charge is 0.352 e. The molecule has 0 radical (unpaired) electrons. The number of hydrogen-bond acceptors (Lipinski definition) is 5. The van der Waals surface area contributed by atoms with Crippen molar-refractivity contribution < 1.29 is 9.59 Å². The molecule has 1 saturated heterocycles. The Bertz CT molecular complexity index is 413. The summed E-state index contributed by atoms with van der Waals surface area (Å²) in [5, 5.41) is 3.16. The smallest absolute Gasteiger partial charge is 0.239 e. The fourth-order valence-corrected chi connectivity index (χ4v) is 3.94. The van der Waals surface area contributed by atoms with Crippen LogP contribution in [0.3, 0.4) is 0 Å². The molecule has 0 bridgehead atoms. The predicted octanol–water partition coefficient (Wildman–Crippen LogP) is 1.08. The number of amides is 2. The molecule has 1 aliphatic carbocycles. The number of thioether (sulfide) groups is 1. The molecule has 1 heterocycles. The zero-order valence-corrected chi connectivity index (χ0v) is 16.9. The van der Waals surface area contributed by atoms with Gasteiger partial charge in [-0.2, -0.15) is 11.8 Å². The number of halogens is 1. The molecular formula is C17H33ClN4O2S. The van der Waals surface area contributed by atoms with Crippen LogP contribution < -0.4 is 11.1 Å². The third kappa shape index (κ3) is 7.72. The molecule has 0 unspecified atom stereocenters. The number of nitrogens with one attached hydrogen (secondary N) is 1. The average Bonchev–Trinajstić information content (AvgIpc) is 2.60. The average molecular weight is 393 g/mol. The molecule has 8 heteroatoms. The number of nitrogens with two attached hydrogens (primary N) is 1. The van der Waals surface area contributed by atoms with Gasteiger partial charge in [-0.15, -0.1) is 12.4 Å². The van der Waals surface area contributed by atoms with Crippen molar-refractivity contribution in [2.45, 2.75) is 50.6 Å². The van der Waals surface area contributed by atoms with Crippen LogP contribution in [0.5, 0.6) is 0 Å². The molecule has 0 aromatic carbocycles. The summed E-state index contributed by atoms with van der Waals surface area (Å²) in [4.78, 5) is 28.4. The van der Waals surface area contributed by atoms with Crippen LogP contribution >= 0.6 is 24.2 Å². The van der Waals surface area contributed by atoms with Crippen molar-refractivity contribution in [1.82, 2.24) is 15.1 Å². The zero-order valence-electron chi connectivity index (χ0n) is 15.2. The van der Waals surface area contributed by atoms with Gasteiger partial charge in [0.1, 0.15) is 0 Å². The standard InChI is InChI=1S/C17H32N4O2S.ClH/c1-24-12-7-15(18)17(23)21-10-8-20(9-11-21)13-16(22)19-14-5-3-2-4-6-14;/h14-15H,2-13,18H2,1H3,(H,19,22);1H/t15-;/m0./s1. The van der Waals surface area contributed by atoms with Crippen molar-refractivity contribution in [2.75, 3.05) is 44.7 Å². The van der Waals surface area contributed by atoms with Crippen LogP contribution in [0.25, 0.3) is 0 Å². The molecule has 2 fully saturated rings. The van der Waals surface area contributed by atoms with Gasteiger partial charge >= 0.3 is 0 Å². The second-order valence-corrected chi connectivity index (χ2v) is 7.88. The fourth-order valence-electron chi connectivity index (χ4n) is 3.45. The van der Waals surface area contributed by atoms with E-state index >= 15 is 0 Å². The van der Waals surface area contributed by atoms with Crippen LogP contribution in [-0.2, 0) is 9.59 Å². The van der Waals surface area contributed by atoms with Gasteiger partial charge in [-0.05, 0) is 31.3 Å². The topological polar surface area (TPSA) is 78.7 Å². The van der Waals surface area contributed by atoms with Crippen LogP contribution in [0.15, 0.2) is 0 Å². The van der Waals surface area contributed by atoms with E-state index in [1.54, 1.807) is 11.8 Å². The summed E-state index contributed by atoms with van der Waals surface area (Å²) in [5.41, 5.74) is 5.97. The van der Waals surface area contributed by atoms with Gasteiger partial charge in [-0.1, -0.05) is 19.3 Å². The Labute approximate surface area is 162 Å². The summed E-state index contributed by atoms with van der Waals surface area (Å²) >= 11 is 1.71. The molecule has 2 aliphatic rings. The molecule has 25 heavy (non-hydrogen) atoms. The molecule has 0 spiro atoms. The number of rotatable bonds is 7. The molecule has 2 rings (SSSR count). The van der Waals surface area contributed by atoms with Crippen LogP contribution in [0.2, 0.25) is 0 Å². The maximum Gasteiger partial charge on any atom is 0.239 e. The summed E-state index contributed by atoms with van der Waals surface area (Å²) < 4.78 is 0. The normalized spacial score (nSPS) is 20.6. The number of hydrogen-bond donors (Lipinski definition) is 2. The number of carbonyl (C=O) groups excluding carboxylic acids is 2. The number of nitrogens with zero attached hydrogens (tertiary/aromatic N) is 2. The van der Waals surface area contributed by atoms with Crippen LogP contribution in [0.1, 0.15) is 38.5 Å². The molecule has 1 saturated carbocycles. The van der Waals surface area contributed by atoms with E-state index in [9.17, 15) is 9.59 Å². The molecule has 3 N–H and O–H groups in total. The van der Waals surface area contributed by atoms with Crippen LogP contribution in [-0.4, -0.2) is 78.4 Å². The van der Waals surface area contributed by atoms with Gasteiger partial charge < -0.3 is 16.0 Å². The highest BCUT2D eigenvalue weighted by atomic mass is 35.5. The lowest BCUT2D eigenvalue weighted by atomic mass is 9.95. The predicted molar refractivity (Wildman–Crippen MR) is 106 cm³/mol. The monoisotopic (exact) mass is 392 g/mol. The van der Waals surface area contributed by atoms with E-state index in [2.05, 4.69) is 10.2 Å². The molecule has 2 amide bonds. The quantitative estimate of drug-likeness (QED) is 0.677. The molecule has 0 aromatic rings. The molecule has 0 aromatic heterocycles. The van der Waals surface area contributed by atoms with Crippen molar-refractivity contribution in [3.8, 4) is 0 Å². The van der Waals surface area contributed by atoms with Gasteiger partial charge in [0.05, 0.1) is 12.6 Å². The van der Waals surface area contributed by atoms with E-state index in [1.807, 2.05) is 11.2 Å². The Balaban J connectivity index is 0.00000312. The molecule has 146 valence electrons. The first-order chi connectivity index (χ1) is 11.6. The van der Waals surface area contributed by atoms with Gasteiger partial charge in [-0.3, -0.25) is 14.5 Å². The van der Waals surface area contributed by atoms with E-state index in [0.717, 1.165) is 38.1 Å². The number of piperazine rings is 1. The summed E-state index contributed by atoms with van der Waals surface area (Å²) in [6, 6.07) is -0.0258. The first-order valence-corrected chi connectivity index (χ1v) is 10.5. The molecular weight excluding hydrogens is 360 g/mol. The Kier molecular flexibility index (Phi) is 10.8. The third-order valence-electron chi connectivity index (χ3n) is 4.97. The maximum absolute atomic E-state index is 12.3. The summed E-state index contributed by atoms with van der Waals surface area (Å²) in [7, 11) is 0. The first kappa shape index (κ1) is 22.5. The van der Waals surface area contributed by atoms with Crippen molar-refractivity contribution in [3.05, 3.63) is 0 Å². The molecule has 6 nitrogen and oxygen atoms in total. The van der Waals surface area contributed by atoms with E-state index in [4.69, 9.17) is 5.73 Å². The maximum atomic E-state index is 12.3. The highest BCUT2D eigenvalue weighted by Crippen LogP contribution is 2.17. The summed E-state index contributed by atoms with van der Waals surface area (Å²) in [6.07, 6.45) is 8.72. The van der Waals surface area contributed by atoms with Crippen LogP contribution in [0.4, 0.5) is 0 Å². The Hall–Kier alpha value is -0.500. The second kappa shape index (κ2) is 12.0. The lowest BCUT2D eigenvalue weighted by Gasteiger charge is -2.35. The van der Waals surface area contributed by atoms with Gasteiger partial charge in [0, 0.05) is 32.2 Å². The zero-order chi connectivity index (χ0) is 17.4. The van der Waals surface area contributed by atoms with Gasteiger partial charge in [0.15, 0.2) is 0 Å². The minimum absolute atomic E-state index is 0. The fraction of sp³-hybridized carbons (Fsp3) is 0.882. The molecule has 1 aliphatic heterocycles. The Morgan fingerprint density at radius 3 is 2.40 bits per heavy atom. The van der Waals surface area contributed by atoms with Crippen molar-refractivity contribution in [2.24, 2.45) is 5.73 Å². The second-order valence-electron chi connectivity index (χ2n) is 6.89. The lowest BCUT2D eigenvalue weighted by Crippen LogP contribution is -2.55. The first-order valence-electron chi connectivity index (χ1n) is 9.15. The Morgan fingerprint density at radius 2 is 1.80 bits per heavy atom. The minimum Gasteiger partial charge on any atom is -0.352 e. The summed E-state index contributed by atoms with van der Waals surface area (Å²) in [5.74, 6) is 1.09. The van der Waals surface area contributed by atoms with E-state index in [1.165, 1.54) is 19.3 Å². The Morgan fingerprint density at radius 1 is 1.16 bits per heavy atom.